The fourth-order valence-electron chi connectivity index (χ4n) is 2.08. The molecule has 0 saturated carbocycles. The molecule has 0 aromatic heterocycles. The molecule has 0 atom stereocenters. The molecule has 0 N–H and O–H groups in total. The third-order valence-corrected chi connectivity index (χ3v) is 3.01. The first-order valence-electron chi connectivity index (χ1n) is 5.64. The molecule has 1 aliphatic rings. The zero-order chi connectivity index (χ0) is 12.4. The zero-order valence-corrected chi connectivity index (χ0v) is 10.4. The van der Waals surface area contributed by atoms with Crippen LogP contribution in [0.4, 0.5) is 0 Å². The number of fused-ring (bicyclic) bond motifs is 1. The Morgan fingerprint density at radius 1 is 1.47 bits per heavy atom. The van der Waals surface area contributed by atoms with Gasteiger partial charge in [-0.15, -0.1) is 0 Å². The van der Waals surface area contributed by atoms with Crippen molar-refractivity contribution < 1.29 is 4.79 Å². The van der Waals surface area contributed by atoms with Crippen molar-refractivity contribution in [1.29, 1.82) is 0 Å². The Hall–Kier alpha value is -1.90. The van der Waals surface area contributed by atoms with E-state index < -0.39 is 0 Å². The molecule has 0 spiro atoms. The molecule has 0 bridgehead atoms. The average molecular weight is 228 g/mol. The summed E-state index contributed by atoms with van der Waals surface area (Å²) in [4.78, 5) is 17.6. The topological polar surface area (TPSA) is 32.7 Å². The third-order valence-electron chi connectivity index (χ3n) is 3.01. The summed E-state index contributed by atoms with van der Waals surface area (Å²) in [6.45, 7) is 2.68. The summed E-state index contributed by atoms with van der Waals surface area (Å²) in [5.74, 6) is 0.103. The van der Waals surface area contributed by atoms with Crippen molar-refractivity contribution in [3.05, 3.63) is 41.0 Å². The van der Waals surface area contributed by atoms with Crippen LogP contribution >= 0.6 is 0 Å². The molecule has 0 saturated heterocycles. The molecule has 3 nitrogen and oxygen atoms in total. The Morgan fingerprint density at radius 3 is 2.88 bits per heavy atom. The lowest BCUT2D eigenvalue weighted by Gasteiger charge is -2.05. The minimum atomic E-state index is 0.103. The number of carbonyl (C=O) groups is 1. The summed E-state index contributed by atoms with van der Waals surface area (Å²) in [7, 11) is 3.57. The van der Waals surface area contributed by atoms with Crippen LogP contribution in [0.2, 0.25) is 0 Å². The predicted molar refractivity (Wildman–Crippen MR) is 70.3 cm³/mol. The SMILES string of the molecule is C/C=C(\C=NC)c1ccc2c(c1)C(=O)N(C)C2. The Morgan fingerprint density at radius 2 is 2.24 bits per heavy atom. The predicted octanol–water partition coefficient (Wildman–Crippen LogP) is 2.38. The minimum Gasteiger partial charge on any atom is -0.337 e. The van der Waals surface area contributed by atoms with E-state index >= 15 is 0 Å². The molecule has 17 heavy (non-hydrogen) atoms. The summed E-state index contributed by atoms with van der Waals surface area (Å²) >= 11 is 0. The maximum Gasteiger partial charge on any atom is 0.254 e. The van der Waals surface area contributed by atoms with Crippen LogP contribution in [0, 0.1) is 0 Å². The van der Waals surface area contributed by atoms with Crippen molar-refractivity contribution in [2.45, 2.75) is 13.5 Å². The van der Waals surface area contributed by atoms with Gasteiger partial charge < -0.3 is 4.90 Å². The van der Waals surface area contributed by atoms with Crippen LogP contribution in [0.5, 0.6) is 0 Å². The van der Waals surface area contributed by atoms with Crippen molar-refractivity contribution in [3.63, 3.8) is 0 Å². The second-order valence-corrected chi connectivity index (χ2v) is 4.16. The highest BCUT2D eigenvalue weighted by Gasteiger charge is 2.24. The number of aliphatic imine (C=N–C) groups is 1. The molecular weight excluding hydrogens is 212 g/mol. The first-order chi connectivity index (χ1) is 8.17. The first kappa shape index (κ1) is 11.6. The number of nitrogens with zero attached hydrogens (tertiary/aromatic N) is 2. The van der Waals surface area contributed by atoms with Gasteiger partial charge in [-0.2, -0.15) is 0 Å². The zero-order valence-electron chi connectivity index (χ0n) is 10.4. The summed E-state index contributed by atoms with van der Waals surface area (Å²) in [6.07, 6.45) is 3.81. The summed E-state index contributed by atoms with van der Waals surface area (Å²) in [6, 6.07) is 6.03. The molecule has 1 aliphatic heterocycles. The monoisotopic (exact) mass is 228 g/mol. The number of allylic oxidation sites excluding steroid dienone is 2. The van der Waals surface area contributed by atoms with Gasteiger partial charge in [-0.1, -0.05) is 18.2 Å². The molecule has 3 heteroatoms. The fraction of sp³-hybridized carbons (Fsp3) is 0.286. The molecule has 1 aromatic rings. The molecule has 1 aromatic carbocycles. The average Bonchev–Trinajstić information content (AvgIpc) is 2.62. The summed E-state index contributed by atoms with van der Waals surface area (Å²) in [5, 5.41) is 0. The molecule has 0 unspecified atom stereocenters. The lowest BCUT2D eigenvalue weighted by atomic mass is 10.0. The quantitative estimate of drug-likeness (QED) is 0.715. The van der Waals surface area contributed by atoms with Crippen molar-refractivity contribution in [2.24, 2.45) is 4.99 Å². The Bertz CT molecular complexity index is 515. The van der Waals surface area contributed by atoms with Crippen LogP contribution < -0.4 is 0 Å². The Balaban J connectivity index is 2.45. The van der Waals surface area contributed by atoms with Crippen LogP contribution in [0.1, 0.15) is 28.4 Å². The standard InChI is InChI=1S/C14H16N2O/c1-4-10(8-15-2)11-5-6-12-9-16(3)14(17)13(12)7-11/h4-8H,9H2,1-3H3/b10-4+,15-8?. The van der Waals surface area contributed by atoms with E-state index in [1.807, 2.05) is 44.5 Å². The van der Waals surface area contributed by atoms with Gasteiger partial charge in [0.2, 0.25) is 0 Å². The normalized spacial score (nSPS) is 15.8. The van der Waals surface area contributed by atoms with Gasteiger partial charge in [-0.3, -0.25) is 9.79 Å². The van der Waals surface area contributed by atoms with Gasteiger partial charge in [0.05, 0.1) is 0 Å². The molecule has 0 fully saturated rings. The molecule has 1 heterocycles. The van der Waals surface area contributed by atoms with E-state index in [2.05, 4.69) is 4.99 Å². The van der Waals surface area contributed by atoms with Gasteiger partial charge in [0, 0.05) is 32.4 Å². The highest BCUT2D eigenvalue weighted by molar-refractivity contribution is 6.10. The smallest absolute Gasteiger partial charge is 0.254 e. The van der Waals surface area contributed by atoms with E-state index in [9.17, 15) is 4.79 Å². The van der Waals surface area contributed by atoms with E-state index in [0.717, 1.165) is 22.3 Å². The fourth-order valence-corrected chi connectivity index (χ4v) is 2.08. The van der Waals surface area contributed by atoms with Crippen LogP contribution in [0.3, 0.4) is 0 Å². The van der Waals surface area contributed by atoms with Crippen molar-refractivity contribution >= 4 is 17.7 Å². The van der Waals surface area contributed by atoms with Crippen LogP contribution in [-0.2, 0) is 6.54 Å². The van der Waals surface area contributed by atoms with Gasteiger partial charge in [0.15, 0.2) is 0 Å². The number of benzene rings is 1. The Kier molecular flexibility index (Phi) is 3.09. The molecule has 1 amide bonds. The minimum absolute atomic E-state index is 0.103. The number of rotatable bonds is 2. The number of hydrogen-bond acceptors (Lipinski definition) is 2. The van der Waals surface area contributed by atoms with Crippen molar-refractivity contribution in [3.8, 4) is 0 Å². The highest BCUT2D eigenvalue weighted by Crippen LogP contribution is 2.25. The molecule has 0 aliphatic carbocycles. The van der Waals surface area contributed by atoms with Crippen molar-refractivity contribution in [1.82, 2.24) is 4.90 Å². The second-order valence-electron chi connectivity index (χ2n) is 4.16. The first-order valence-corrected chi connectivity index (χ1v) is 5.64. The third kappa shape index (κ3) is 2.00. The van der Waals surface area contributed by atoms with E-state index in [0.29, 0.717) is 6.54 Å². The van der Waals surface area contributed by atoms with E-state index in [-0.39, 0.29) is 5.91 Å². The van der Waals surface area contributed by atoms with Crippen LogP contribution in [0.15, 0.2) is 29.3 Å². The summed E-state index contributed by atoms with van der Waals surface area (Å²) < 4.78 is 0. The van der Waals surface area contributed by atoms with Gasteiger partial charge in [0.1, 0.15) is 0 Å². The molecule has 2 rings (SSSR count). The van der Waals surface area contributed by atoms with Gasteiger partial charge in [-0.05, 0) is 29.7 Å². The maximum absolute atomic E-state index is 11.9. The van der Waals surface area contributed by atoms with Gasteiger partial charge >= 0.3 is 0 Å². The highest BCUT2D eigenvalue weighted by atomic mass is 16.2. The largest absolute Gasteiger partial charge is 0.337 e. The number of amides is 1. The second kappa shape index (κ2) is 4.53. The van der Waals surface area contributed by atoms with E-state index in [1.54, 1.807) is 11.9 Å². The Labute approximate surface area is 101 Å². The lowest BCUT2D eigenvalue weighted by Crippen LogP contribution is -2.17. The van der Waals surface area contributed by atoms with E-state index in [1.165, 1.54) is 0 Å². The summed E-state index contributed by atoms with van der Waals surface area (Å²) in [5.41, 5.74) is 4.00. The van der Waals surface area contributed by atoms with Gasteiger partial charge in [-0.25, -0.2) is 0 Å². The van der Waals surface area contributed by atoms with E-state index in [4.69, 9.17) is 0 Å². The molecule has 88 valence electrons. The number of hydrogen-bond donors (Lipinski definition) is 0. The molecule has 0 radical (unpaired) electrons. The molecular formula is C14H16N2O. The lowest BCUT2D eigenvalue weighted by molar-refractivity contribution is 0.0816. The number of carbonyl (C=O) groups excluding carboxylic acids is 1. The maximum atomic E-state index is 11.9. The van der Waals surface area contributed by atoms with Crippen LogP contribution in [0.25, 0.3) is 5.57 Å². The van der Waals surface area contributed by atoms with Gasteiger partial charge in [0.25, 0.3) is 5.91 Å². The van der Waals surface area contributed by atoms with Crippen molar-refractivity contribution in [2.75, 3.05) is 14.1 Å². The van der Waals surface area contributed by atoms with Crippen LogP contribution in [-0.4, -0.2) is 31.1 Å².